The molecule has 0 aromatic rings. The number of aldehydes is 1. The molecule has 12 rings (SSSR count). The Balaban J connectivity index is 0.811. The van der Waals surface area contributed by atoms with E-state index in [2.05, 4.69) is 40.7 Å². The molecule has 0 spiro atoms. The maximum absolute atomic E-state index is 16.0. The van der Waals surface area contributed by atoms with E-state index in [0.29, 0.717) is 51.4 Å². The molecular formula is C72H112O37. The second-order valence-electron chi connectivity index (χ2n) is 34.1. The summed E-state index contributed by atoms with van der Waals surface area (Å²) >= 11 is 0. The van der Waals surface area contributed by atoms with Crippen molar-refractivity contribution >= 4 is 24.2 Å². The Kier molecular flexibility index (Phi) is 25.2. The topological polar surface area (TPSA) is 571 Å². The molecule has 12 aliphatic rings. The zero-order valence-corrected chi connectivity index (χ0v) is 62.2. The number of carboxylic acid groups (broad SMARTS) is 1. The summed E-state index contributed by atoms with van der Waals surface area (Å²) in [6, 6.07) is 0. The summed E-state index contributed by atoms with van der Waals surface area (Å²) in [4.78, 5) is 56.2. The summed E-state index contributed by atoms with van der Waals surface area (Å²) in [5, 5.41) is 197. The number of carbonyl (C=O) groups is 4. The molecule has 37 heteroatoms. The third kappa shape index (κ3) is 15.0. The predicted molar refractivity (Wildman–Crippen MR) is 356 cm³/mol. The van der Waals surface area contributed by atoms with Gasteiger partial charge in [-0.2, -0.15) is 0 Å². The molecule has 0 bridgehead atoms. The largest absolute Gasteiger partial charge is 0.479 e. The monoisotopic (exact) mass is 1570 g/mol. The molecule has 622 valence electrons. The van der Waals surface area contributed by atoms with Gasteiger partial charge in [0.05, 0.1) is 55.6 Å². The number of carbonyl (C=O) groups excluding carboxylic acids is 3. The first-order valence-corrected chi connectivity index (χ1v) is 37.8. The number of aliphatic hydroxyl groups excluding tert-OH is 17. The molecule has 0 aromatic carbocycles. The van der Waals surface area contributed by atoms with Crippen molar-refractivity contribution in [2.75, 3.05) is 26.4 Å². The average Bonchev–Trinajstić information content (AvgIpc) is 0.673. The lowest BCUT2D eigenvalue weighted by Gasteiger charge is -2.71. The highest BCUT2D eigenvalue weighted by Gasteiger charge is 2.72. The summed E-state index contributed by atoms with van der Waals surface area (Å²) in [5.74, 6) is -4.31. The molecule has 1 unspecified atom stereocenters. The van der Waals surface area contributed by atoms with Gasteiger partial charge in [0.1, 0.15) is 134 Å². The average molecular weight is 1570 g/mol. The molecule has 7 heterocycles. The number of aliphatic hydroxyl groups is 17. The van der Waals surface area contributed by atoms with Crippen molar-refractivity contribution in [2.24, 2.45) is 50.2 Å². The van der Waals surface area contributed by atoms with Crippen LogP contribution in [0.5, 0.6) is 0 Å². The van der Waals surface area contributed by atoms with Gasteiger partial charge < -0.3 is 168 Å². The predicted octanol–water partition coefficient (Wildman–Crippen LogP) is -5.39. The number of allylic oxidation sites excluding steroid dienone is 2. The van der Waals surface area contributed by atoms with Crippen LogP contribution < -0.4 is 0 Å². The number of rotatable bonds is 19. The Labute approximate surface area is 628 Å². The van der Waals surface area contributed by atoms with Crippen molar-refractivity contribution in [3.63, 3.8) is 0 Å². The summed E-state index contributed by atoms with van der Waals surface area (Å²) in [7, 11) is 0. The minimum Gasteiger partial charge on any atom is -0.479 e. The minimum atomic E-state index is -2.18. The molecule has 109 heavy (non-hydrogen) atoms. The molecular weight excluding hydrogens is 1460 g/mol. The van der Waals surface area contributed by atoms with E-state index in [4.69, 9.17) is 71.1 Å². The Morgan fingerprint density at radius 2 is 0.982 bits per heavy atom. The zero-order valence-electron chi connectivity index (χ0n) is 62.2. The van der Waals surface area contributed by atoms with E-state index in [1.807, 2.05) is 0 Å². The van der Waals surface area contributed by atoms with Gasteiger partial charge in [-0.1, -0.05) is 53.2 Å². The van der Waals surface area contributed by atoms with Crippen LogP contribution in [0.4, 0.5) is 0 Å². The Hall–Kier alpha value is -3.38. The van der Waals surface area contributed by atoms with Crippen LogP contribution in [-0.4, -0.2) is 351 Å². The first-order valence-electron chi connectivity index (χ1n) is 37.8. The van der Waals surface area contributed by atoms with Gasteiger partial charge in [0, 0.05) is 6.92 Å². The fourth-order valence-corrected chi connectivity index (χ4v) is 20.5. The van der Waals surface area contributed by atoms with Crippen molar-refractivity contribution in [2.45, 2.75) is 335 Å². The molecule has 11 fully saturated rings. The van der Waals surface area contributed by atoms with Gasteiger partial charge in [0.25, 0.3) is 0 Å². The fraction of sp³-hybridized carbons (Fsp3) is 0.917. The quantitative estimate of drug-likeness (QED) is 0.0248. The van der Waals surface area contributed by atoms with Gasteiger partial charge in [-0.15, -0.1) is 0 Å². The molecule has 7 aliphatic heterocycles. The standard InChI is InChI=1S/C72H112O37/c1-26-51(99-28(3)76)48(89)55(107-63-50(91)54(105-61-46(87)42(83)40(81)33(21-73)100-61)52(27(2)97-63)103-59-44(85)38(79)31(77)23-95-59)64(98-26)109-66(94)72-18-16-67(4,5)20-30(72)29-10-11-36-68(6)14-13-37(69(7,25-75)35(68)12-15-71(36,9)70(29,8)17-19-72)102-65-56(106-62-47(88)43(84)41(82)34(22-74)101-62)49(90)53(57(108-65)58(92)93)104-60-45(86)39(80)32(78)24-96-60/h10,25-27,30-57,59-65,73-74,77-91H,11-24H2,1-9H3,(H,92,93)/t26-,27+,30+,31-,32-,33-,34-,35-,36-,37?,38+,39+,40-,41+,42+,43+,44-,45-,46-,47-,48+,49+,50-,51+,52+,53+,54+,55-,56-,57+,59+,60+,61+,62+,63+,64+,65-,68+,69+,70-,71-,72+/m1/s1. The molecule has 4 saturated carbocycles. The van der Waals surface area contributed by atoms with Gasteiger partial charge in [-0.25, -0.2) is 4.79 Å². The lowest BCUT2D eigenvalue weighted by Crippen LogP contribution is -2.68. The van der Waals surface area contributed by atoms with Crippen LogP contribution in [0.15, 0.2) is 11.6 Å². The van der Waals surface area contributed by atoms with E-state index < -0.39 is 292 Å². The van der Waals surface area contributed by atoms with E-state index in [9.17, 15) is 106 Å². The highest BCUT2D eigenvalue weighted by Crippen LogP contribution is 2.76. The van der Waals surface area contributed by atoms with E-state index in [0.717, 1.165) is 18.8 Å². The van der Waals surface area contributed by atoms with Crippen molar-refractivity contribution in [3.05, 3.63) is 11.6 Å². The Morgan fingerprint density at radius 3 is 1.53 bits per heavy atom. The molecule has 0 radical (unpaired) electrons. The Morgan fingerprint density at radius 1 is 0.486 bits per heavy atom. The van der Waals surface area contributed by atoms with Gasteiger partial charge in [-0.05, 0) is 117 Å². The van der Waals surface area contributed by atoms with Crippen LogP contribution in [0.2, 0.25) is 0 Å². The molecule has 0 aromatic heterocycles. The number of aliphatic carboxylic acids is 1. The van der Waals surface area contributed by atoms with Crippen molar-refractivity contribution < 1.29 is 182 Å². The first-order chi connectivity index (χ1) is 51.1. The van der Waals surface area contributed by atoms with Crippen LogP contribution in [-0.2, 0) is 90.2 Å². The third-order valence-corrected chi connectivity index (χ3v) is 27.1. The fourth-order valence-electron chi connectivity index (χ4n) is 20.5. The summed E-state index contributed by atoms with van der Waals surface area (Å²) in [6.07, 6.45) is -54.1. The number of ether oxygens (including phenoxy) is 15. The minimum absolute atomic E-state index is 0.134. The van der Waals surface area contributed by atoms with Gasteiger partial charge in [0.15, 0.2) is 56.1 Å². The number of carboxylic acids is 1. The normalized spacial score (nSPS) is 53.4. The smallest absolute Gasteiger partial charge is 0.335 e. The van der Waals surface area contributed by atoms with Crippen LogP contribution in [0.1, 0.15) is 127 Å². The summed E-state index contributed by atoms with van der Waals surface area (Å²) in [6.45, 7) is 13.7. The maximum atomic E-state index is 16.0. The van der Waals surface area contributed by atoms with Gasteiger partial charge in [-0.3, -0.25) is 9.59 Å². The molecule has 7 saturated heterocycles. The van der Waals surface area contributed by atoms with Crippen LogP contribution in [0, 0.1) is 50.2 Å². The number of hydrogen-bond donors (Lipinski definition) is 18. The first kappa shape index (κ1) is 85.0. The lowest BCUT2D eigenvalue weighted by atomic mass is 9.33. The van der Waals surface area contributed by atoms with Gasteiger partial charge in [0.2, 0.25) is 6.29 Å². The zero-order chi connectivity index (χ0) is 79.6. The van der Waals surface area contributed by atoms with Crippen LogP contribution in [0.3, 0.4) is 0 Å². The summed E-state index contributed by atoms with van der Waals surface area (Å²) < 4.78 is 90.7. The molecule has 0 amide bonds. The molecule has 5 aliphatic carbocycles. The third-order valence-electron chi connectivity index (χ3n) is 27.1. The second kappa shape index (κ2) is 32.3. The molecule has 42 atom stereocenters. The van der Waals surface area contributed by atoms with Gasteiger partial charge >= 0.3 is 17.9 Å². The highest BCUT2D eigenvalue weighted by atomic mass is 16.8. The number of esters is 2. The van der Waals surface area contributed by atoms with E-state index in [1.54, 1.807) is 6.92 Å². The van der Waals surface area contributed by atoms with Crippen molar-refractivity contribution in [1.29, 1.82) is 0 Å². The second-order valence-corrected chi connectivity index (χ2v) is 34.1. The maximum Gasteiger partial charge on any atom is 0.335 e. The van der Waals surface area contributed by atoms with Crippen LogP contribution in [0.25, 0.3) is 0 Å². The number of fused-ring (bicyclic) bond motifs is 7. The Bertz CT molecular complexity index is 3220. The van der Waals surface area contributed by atoms with E-state index in [1.165, 1.54) is 13.8 Å². The molecule has 18 N–H and O–H groups in total. The number of hydrogen-bond acceptors (Lipinski definition) is 36. The van der Waals surface area contributed by atoms with E-state index >= 15 is 4.79 Å². The lowest BCUT2D eigenvalue weighted by molar-refractivity contribution is -0.394. The highest BCUT2D eigenvalue weighted by molar-refractivity contribution is 5.79. The van der Waals surface area contributed by atoms with Crippen molar-refractivity contribution in [1.82, 2.24) is 0 Å². The SMILES string of the molecule is CC(=O)O[C@@H]1[C@H](O)[C@@H](O[C@@H]2O[C@@H](C)[C@H](O[C@@H]3OC[C@@H](O)[C@H](O)[C@H]3O)[C@@H](O[C@@H]3O[C@H](CO)[C@@H](O)[C@H](O)[C@H]3O)[C@H]2O)[C@H](OC(=O)[C@]23CCC(C)(C)C[C@H]2C2=CC[C@@H]4[C@@]5(C)CCC(O[C@@H]6O[C@H](C(=O)O)[C@@H](O[C@@H]7OC[C@@H](O)[C@H](O)[C@H]7O)[C@H](O)[C@H]6O[C@@H]6O[C@H](CO)[C@H](O)[C@H](O)[C@H]6O)[C@@](C)(C=O)[C@@H]5CC[C@@]4(C)[C@]2(C)CC3)O[C@@H]1C. The van der Waals surface area contributed by atoms with E-state index in [-0.39, 0.29) is 24.2 Å². The van der Waals surface area contributed by atoms with Crippen LogP contribution >= 0.6 is 0 Å². The summed E-state index contributed by atoms with van der Waals surface area (Å²) in [5.41, 5.74) is -3.71. The molecule has 37 nitrogen and oxygen atoms in total. The van der Waals surface area contributed by atoms with Crippen molar-refractivity contribution in [3.8, 4) is 0 Å².